The highest BCUT2D eigenvalue weighted by molar-refractivity contribution is 5.96. The largest absolute Gasteiger partial charge is 0.491 e. The highest BCUT2D eigenvalue weighted by Crippen LogP contribution is 2.34. The van der Waals surface area contributed by atoms with Crippen molar-refractivity contribution in [1.82, 2.24) is 14.9 Å². The van der Waals surface area contributed by atoms with E-state index in [1.54, 1.807) is 6.33 Å². The summed E-state index contributed by atoms with van der Waals surface area (Å²) in [6, 6.07) is 5.73. The Bertz CT molecular complexity index is 885. The zero-order valence-corrected chi connectivity index (χ0v) is 16.4. The van der Waals surface area contributed by atoms with Crippen molar-refractivity contribution in [1.29, 1.82) is 0 Å². The van der Waals surface area contributed by atoms with Crippen LogP contribution in [0.5, 0.6) is 5.75 Å². The zero-order chi connectivity index (χ0) is 19.8. The number of hydrogen-bond donors (Lipinski definition) is 1. The smallest absolute Gasteiger partial charge is 0.251 e. The van der Waals surface area contributed by atoms with Gasteiger partial charge in [0.1, 0.15) is 18.5 Å². The fraction of sp³-hybridized carbons (Fsp3) is 0.545. The average molecular weight is 399 g/mol. The van der Waals surface area contributed by atoms with Gasteiger partial charge in [-0.25, -0.2) is 9.37 Å². The van der Waals surface area contributed by atoms with E-state index >= 15 is 0 Å². The van der Waals surface area contributed by atoms with Crippen LogP contribution in [0.25, 0.3) is 11.3 Å². The maximum Gasteiger partial charge on any atom is 0.251 e. The van der Waals surface area contributed by atoms with Gasteiger partial charge in [-0.2, -0.15) is 0 Å². The van der Waals surface area contributed by atoms with Crippen LogP contribution < -0.4 is 10.1 Å². The van der Waals surface area contributed by atoms with Crippen LogP contribution in [0.2, 0.25) is 0 Å². The van der Waals surface area contributed by atoms with Crippen molar-refractivity contribution in [3.8, 4) is 17.0 Å². The Morgan fingerprint density at radius 1 is 1.21 bits per heavy atom. The minimum absolute atomic E-state index is 0.0632. The first kappa shape index (κ1) is 18.6. The number of alkyl halides is 1. The molecule has 2 aliphatic carbocycles. The summed E-state index contributed by atoms with van der Waals surface area (Å²) >= 11 is 0. The van der Waals surface area contributed by atoms with Gasteiger partial charge < -0.3 is 19.4 Å². The molecule has 5 rings (SSSR count). The van der Waals surface area contributed by atoms with Crippen molar-refractivity contribution < 1.29 is 18.7 Å². The lowest BCUT2D eigenvalue weighted by molar-refractivity contribution is -0.0939. The Labute approximate surface area is 169 Å². The quantitative estimate of drug-likeness (QED) is 0.855. The van der Waals surface area contributed by atoms with Crippen LogP contribution in [0, 0.1) is 0 Å². The molecular formula is C22H26FN3O3. The number of halogens is 1. The molecule has 7 heteroatoms. The molecule has 3 aliphatic rings. The topological polar surface area (TPSA) is 65.4 Å². The minimum Gasteiger partial charge on any atom is -0.491 e. The van der Waals surface area contributed by atoms with Gasteiger partial charge in [-0.15, -0.1) is 0 Å². The van der Waals surface area contributed by atoms with Gasteiger partial charge in [0, 0.05) is 30.0 Å². The van der Waals surface area contributed by atoms with E-state index in [0.717, 1.165) is 49.2 Å². The molecule has 1 N–H and O–H groups in total. The van der Waals surface area contributed by atoms with Crippen LogP contribution in [-0.4, -0.2) is 46.5 Å². The van der Waals surface area contributed by atoms with E-state index in [4.69, 9.17) is 9.47 Å². The molecule has 0 radical (unpaired) electrons. The van der Waals surface area contributed by atoms with Crippen LogP contribution in [0.15, 0.2) is 30.7 Å². The van der Waals surface area contributed by atoms with Crippen LogP contribution in [-0.2, 0) is 11.3 Å². The summed E-state index contributed by atoms with van der Waals surface area (Å²) in [6.45, 7) is 1.32. The number of rotatable bonds is 4. The van der Waals surface area contributed by atoms with Gasteiger partial charge in [0.05, 0.1) is 37.0 Å². The Morgan fingerprint density at radius 2 is 2.03 bits per heavy atom. The van der Waals surface area contributed by atoms with E-state index in [0.29, 0.717) is 25.0 Å². The first-order chi connectivity index (χ1) is 14.2. The van der Waals surface area contributed by atoms with Gasteiger partial charge in [-0.3, -0.25) is 4.79 Å². The Hall–Kier alpha value is -2.41. The molecule has 29 heavy (non-hydrogen) atoms. The molecule has 1 aromatic heterocycles. The Balaban J connectivity index is 1.20. The third-order valence-electron chi connectivity index (χ3n) is 6.25. The summed E-state index contributed by atoms with van der Waals surface area (Å²) < 4.78 is 26.8. The van der Waals surface area contributed by atoms with Crippen LogP contribution >= 0.6 is 0 Å². The molecule has 2 aromatic rings. The number of carbonyl (C=O) groups excluding carboxylic acids is 1. The number of nitrogens with one attached hydrogen (secondary N) is 1. The van der Waals surface area contributed by atoms with E-state index in [-0.39, 0.29) is 24.2 Å². The number of nitrogens with zero attached hydrogens (tertiary/aromatic N) is 2. The SMILES string of the molecule is O=C(NC1CCC(OC2CC(F)C2)CC1)c1ccc2c(c1)-c1cncn1CCO2. The standard InChI is InChI=1S/C22H26FN3O3/c23-15-10-18(11-15)29-17-4-2-16(3-5-17)25-22(27)14-1-6-21-19(9-14)20-12-24-13-26(20)7-8-28-21/h1,6,9,12-13,15-18H,2-5,7-8,10-11H2,(H,25,27). The van der Waals surface area contributed by atoms with Crippen LogP contribution in [0.4, 0.5) is 4.39 Å². The molecule has 2 fully saturated rings. The lowest BCUT2D eigenvalue weighted by Crippen LogP contribution is -2.41. The fourth-order valence-corrected chi connectivity index (χ4v) is 4.47. The molecule has 154 valence electrons. The number of ether oxygens (including phenoxy) is 2. The molecule has 1 amide bonds. The average Bonchev–Trinajstić information content (AvgIpc) is 3.10. The monoisotopic (exact) mass is 399 g/mol. The molecule has 1 aliphatic heterocycles. The van der Waals surface area contributed by atoms with Gasteiger partial charge >= 0.3 is 0 Å². The summed E-state index contributed by atoms with van der Waals surface area (Å²) in [4.78, 5) is 17.1. The summed E-state index contributed by atoms with van der Waals surface area (Å²) in [5.41, 5.74) is 2.50. The van der Waals surface area contributed by atoms with Gasteiger partial charge in [0.25, 0.3) is 5.91 Å². The lowest BCUT2D eigenvalue weighted by atomic mass is 9.90. The van der Waals surface area contributed by atoms with Gasteiger partial charge in [0.2, 0.25) is 0 Å². The molecule has 1 aromatic carbocycles. The maximum absolute atomic E-state index is 12.9. The van der Waals surface area contributed by atoms with Gasteiger partial charge in [-0.1, -0.05) is 0 Å². The third kappa shape index (κ3) is 3.88. The molecular weight excluding hydrogens is 373 g/mol. The molecule has 0 bridgehead atoms. The van der Waals surface area contributed by atoms with Crippen LogP contribution in [0.1, 0.15) is 48.9 Å². The Kier molecular flexibility index (Phi) is 4.99. The second-order valence-electron chi connectivity index (χ2n) is 8.31. The molecule has 6 nitrogen and oxygen atoms in total. The van der Waals surface area contributed by atoms with Crippen molar-refractivity contribution in [3.63, 3.8) is 0 Å². The minimum atomic E-state index is -0.680. The highest BCUT2D eigenvalue weighted by Gasteiger charge is 2.33. The number of aromatic nitrogens is 2. The van der Waals surface area contributed by atoms with Crippen molar-refractivity contribution in [2.45, 2.75) is 69.5 Å². The lowest BCUT2D eigenvalue weighted by Gasteiger charge is -2.36. The predicted molar refractivity (Wildman–Crippen MR) is 106 cm³/mol. The molecule has 0 saturated heterocycles. The van der Waals surface area contributed by atoms with E-state index in [1.807, 2.05) is 29.0 Å². The Morgan fingerprint density at radius 3 is 2.83 bits per heavy atom. The highest BCUT2D eigenvalue weighted by atomic mass is 19.1. The first-order valence-corrected chi connectivity index (χ1v) is 10.5. The first-order valence-electron chi connectivity index (χ1n) is 10.5. The van der Waals surface area contributed by atoms with Crippen molar-refractivity contribution in [2.75, 3.05) is 6.61 Å². The van der Waals surface area contributed by atoms with E-state index in [1.165, 1.54) is 0 Å². The number of hydrogen-bond acceptors (Lipinski definition) is 4. The second-order valence-corrected chi connectivity index (χ2v) is 8.31. The van der Waals surface area contributed by atoms with E-state index < -0.39 is 6.17 Å². The molecule has 0 atom stereocenters. The fourth-order valence-electron chi connectivity index (χ4n) is 4.47. The van der Waals surface area contributed by atoms with Gasteiger partial charge in [-0.05, 0) is 43.9 Å². The summed E-state index contributed by atoms with van der Waals surface area (Å²) in [5.74, 6) is 0.719. The molecule has 0 spiro atoms. The number of fused-ring (bicyclic) bond motifs is 3. The van der Waals surface area contributed by atoms with Crippen molar-refractivity contribution >= 4 is 5.91 Å². The van der Waals surface area contributed by atoms with Crippen molar-refractivity contribution in [2.24, 2.45) is 0 Å². The van der Waals surface area contributed by atoms with Crippen molar-refractivity contribution in [3.05, 3.63) is 36.3 Å². The number of benzene rings is 1. The summed E-state index contributed by atoms with van der Waals surface area (Å²) in [6.07, 6.45) is 7.90. The number of carbonyl (C=O) groups is 1. The van der Waals surface area contributed by atoms with E-state index in [9.17, 15) is 9.18 Å². The third-order valence-corrected chi connectivity index (χ3v) is 6.25. The number of imidazole rings is 1. The predicted octanol–water partition coefficient (Wildman–Crippen LogP) is 3.50. The summed E-state index contributed by atoms with van der Waals surface area (Å²) in [5, 5.41) is 3.17. The molecule has 0 unspecified atom stereocenters. The zero-order valence-electron chi connectivity index (χ0n) is 16.4. The van der Waals surface area contributed by atoms with Crippen LogP contribution in [0.3, 0.4) is 0 Å². The van der Waals surface area contributed by atoms with E-state index in [2.05, 4.69) is 10.3 Å². The van der Waals surface area contributed by atoms with Gasteiger partial charge in [0.15, 0.2) is 0 Å². The normalized spacial score (nSPS) is 28.3. The molecule has 2 heterocycles. The molecule has 2 saturated carbocycles. The second kappa shape index (κ2) is 7.78. The summed E-state index contributed by atoms with van der Waals surface area (Å²) in [7, 11) is 0. The number of amides is 1. The maximum atomic E-state index is 12.9.